The van der Waals surface area contributed by atoms with E-state index in [1.807, 2.05) is 11.3 Å². The molecule has 0 aliphatic rings. The van der Waals surface area contributed by atoms with E-state index < -0.39 is 8.07 Å². The van der Waals surface area contributed by atoms with E-state index in [4.69, 9.17) is 15.0 Å². The van der Waals surface area contributed by atoms with E-state index in [-0.39, 0.29) is 0 Å². The Morgan fingerprint density at radius 1 is 0.315 bits per heavy atom. The number of hydrogen-bond acceptors (Lipinski definition) is 4. The fourth-order valence-electron chi connectivity index (χ4n) is 7.91. The van der Waals surface area contributed by atoms with Crippen LogP contribution in [0.1, 0.15) is 0 Å². The molecule has 2 aromatic heterocycles. The number of thiophene rings is 1. The molecule has 0 aliphatic heterocycles. The van der Waals surface area contributed by atoms with Crippen molar-refractivity contribution in [3.8, 4) is 34.2 Å². The Bertz CT molecular complexity index is 2850. The summed E-state index contributed by atoms with van der Waals surface area (Å²) >= 11 is 1.82. The predicted molar refractivity (Wildman–Crippen MR) is 230 cm³/mol. The molecule has 0 amide bonds. The molecule has 10 rings (SSSR count). The van der Waals surface area contributed by atoms with Gasteiger partial charge in [0, 0.05) is 36.9 Å². The van der Waals surface area contributed by atoms with Crippen LogP contribution in [0.4, 0.5) is 0 Å². The number of aromatic nitrogens is 3. The number of hydrogen-bond donors (Lipinski definition) is 0. The van der Waals surface area contributed by atoms with E-state index in [0.29, 0.717) is 17.5 Å². The lowest BCUT2D eigenvalue weighted by Crippen LogP contribution is -2.74. The minimum absolute atomic E-state index is 0.650. The van der Waals surface area contributed by atoms with Gasteiger partial charge < -0.3 is 0 Å². The van der Waals surface area contributed by atoms with Crippen LogP contribution in [-0.4, -0.2) is 23.0 Å². The highest BCUT2D eigenvalue weighted by molar-refractivity contribution is 7.25. The second-order valence-electron chi connectivity index (χ2n) is 13.6. The standard InChI is InChI=1S/C49H33N3SSi/c1-4-18-39(19-5-1)54(40-20-6-2-7-21-40,41-22-8-3-9-23-41)42-24-14-17-36(32-42)47-50-48(37-28-27-34-15-10-11-16-35(34)31-37)52-49(51-47)38-29-30-46-44(33-38)43-25-12-13-26-45(43)53-46/h1-33H. The molecule has 254 valence electrons. The van der Waals surface area contributed by atoms with E-state index in [1.165, 1.54) is 46.3 Å². The van der Waals surface area contributed by atoms with Gasteiger partial charge in [-0.1, -0.05) is 170 Å². The van der Waals surface area contributed by atoms with Gasteiger partial charge in [-0.25, -0.2) is 15.0 Å². The molecule has 0 N–H and O–H groups in total. The smallest absolute Gasteiger partial charge is 0.179 e. The van der Waals surface area contributed by atoms with Crippen molar-refractivity contribution >= 4 is 71.1 Å². The monoisotopic (exact) mass is 723 g/mol. The van der Waals surface area contributed by atoms with Crippen molar-refractivity contribution in [2.45, 2.75) is 0 Å². The van der Waals surface area contributed by atoms with Gasteiger partial charge in [-0.15, -0.1) is 11.3 Å². The summed E-state index contributed by atoms with van der Waals surface area (Å²) in [5.74, 6) is 1.96. The first-order chi connectivity index (χ1) is 26.7. The van der Waals surface area contributed by atoms with Gasteiger partial charge in [0.15, 0.2) is 25.5 Å². The first-order valence-electron chi connectivity index (χ1n) is 18.2. The minimum atomic E-state index is -2.77. The van der Waals surface area contributed by atoms with Crippen LogP contribution < -0.4 is 20.7 Å². The van der Waals surface area contributed by atoms with Crippen molar-refractivity contribution in [2.75, 3.05) is 0 Å². The van der Waals surface area contributed by atoms with Crippen LogP contribution in [0.25, 0.3) is 65.1 Å². The third-order valence-corrected chi connectivity index (χ3v) is 16.4. The number of benzene rings is 8. The summed E-state index contributed by atoms with van der Waals surface area (Å²) in [6.07, 6.45) is 0. The average molecular weight is 724 g/mol. The quantitative estimate of drug-likeness (QED) is 0.121. The zero-order valence-corrected chi connectivity index (χ0v) is 31.1. The van der Waals surface area contributed by atoms with Gasteiger partial charge in [0.25, 0.3) is 0 Å². The van der Waals surface area contributed by atoms with Crippen molar-refractivity contribution in [1.82, 2.24) is 15.0 Å². The van der Waals surface area contributed by atoms with Gasteiger partial charge in [-0.05, 0) is 61.9 Å². The molecular formula is C49H33N3SSi. The number of rotatable bonds is 7. The Kier molecular flexibility index (Phi) is 8.01. The van der Waals surface area contributed by atoms with Gasteiger partial charge in [0.1, 0.15) is 0 Å². The summed E-state index contributed by atoms with van der Waals surface area (Å²) in [6, 6.07) is 72.0. The summed E-state index contributed by atoms with van der Waals surface area (Å²) in [6.45, 7) is 0. The molecular weight excluding hydrogens is 691 g/mol. The lowest BCUT2D eigenvalue weighted by molar-refractivity contribution is 1.08. The predicted octanol–water partition coefficient (Wildman–Crippen LogP) is 9.77. The molecule has 0 unspecified atom stereocenters. The molecule has 8 aromatic carbocycles. The van der Waals surface area contributed by atoms with E-state index >= 15 is 0 Å². The molecule has 10 aromatic rings. The van der Waals surface area contributed by atoms with Crippen LogP contribution in [0.2, 0.25) is 0 Å². The highest BCUT2D eigenvalue weighted by atomic mass is 32.1. The van der Waals surface area contributed by atoms with Crippen LogP contribution in [-0.2, 0) is 0 Å². The molecule has 0 fully saturated rings. The largest absolute Gasteiger partial charge is 0.208 e. The minimum Gasteiger partial charge on any atom is -0.208 e. The van der Waals surface area contributed by atoms with Gasteiger partial charge in [-0.3, -0.25) is 0 Å². The van der Waals surface area contributed by atoms with Gasteiger partial charge in [0.05, 0.1) is 0 Å². The van der Waals surface area contributed by atoms with Crippen molar-refractivity contribution in [2.24, 2.45) is 0 Å². The first kappa shape index (κ1) is 32.1. The molecule has 3 nitrogen and oxygen atoms in total. The Labute approximate surface area is 318 Å². The normalized spacial score (nSPS) is 11.7. The summed E-state index contributed by atoms with van der Waals surface area (Å²) in [7, 11) is -2.77. The summed E-state index contributed by atoms with van der Waals surface area (Å²) in [5.41, 5.74) is 2.88. The Hall–Kier alpha value is -6.53. The number of fused-ring (bicyclic) bond motifs is 4. The van der Waals surface area contributed by atoms with Crippen molar-refractivity contribution in [3.05, 3.63) is 200 Å². The zero-order chi connectivity index (χ0) is 35.9. The SMILES string of the molecule is c1ccc([Si](c2ccccc2)(c2ccccc2)c2cccc(-c3nc(-c4ccc5ccccc5c4)nc(-c4ccc5sc6ccccc6c5c4)n3)c2)cc1. The van der Waals surface area contributed by atoms with E-state index in [0.717, 1.165) is 22.1 Å². The third kappa shape index (κ3) is 5.53. The highest BCUT2D eigenvalue weighted by Gasteiger charge is 2.41. The molecule has 0 saturated heterocycles. The zero-order valence-electron chi connectivity index (χ0n) is 29.3. The number of nitrogens with zero attached hydrogens (tertiary/aromatic N) is 3. The maximum Gasteiger partial charge on any atom is 0.179 e. The second kappa shape index (κ2) is 13.5. The summed E-state index contributed by atoms with van der Waals surface area (Å²) in [5, 5.41) is 10.0. The fraction of sp³-hybridized carbons (Fsp3) is 0. The van der Waals surface area contributed by atoms with Crippen molar-refractivity contribution in [1.29, 1.82) is 0 Å². The second-order valence-corrected chi connectivity index (χ2v) is 18.5. The highest BCUT2D eigenvalue weighted by Crippen LogP contribution is 2.36. The Morgan fingerprint density at radius 3 is 1.44 bits per heavy atom. The lowest BCUT2D eigenvalue weighted by Gasteiger charge is -2.34. The van der Waals surface area contributed by atoms with E-state index in [1.54, 1.807) is 0 Å². The van der Waals surface area contributed by atoms with Crippen LogP contribution >= 0.6 is 11.3 Å². The summed E-state index contributed by atoms with van der Waals surface area (Å²) < 4.78 is 2.53. The van der Waals surface area contributed by atoms with Gasteiger partial charge >= 0.3 is 0 Å². The Balaban J connectivity index is 1.21. The maximum absolute atomic E-state index is 5.27. The van der Waals surface area contributed by atoms with E-state index in [2.05, 4.69) is 200 Å². The molecule has 2 heterocycles. The maximum atomic E-state index is 5.27. The van der Waals surface area contributed by atoms with Gasteiger partial charge in [-0.2, -0.15) is 0 Å². The van der Waals surface area contributed by atoms with Crippen molar-refractivity contribution < 1.29 is 0 Å². The third-order valence-electron chi connectivity index (χ3n) is 10.5. The molecule has 0 spiro atoms. The van der Waals surface area contributed by atoms with Crippen molar-refractivity contribution in [3.63, 3.8) is 0 Å². The van der Waals surface area contributed by atoms with Crippen LogP contribution in [0.3, 0.4) is 0 Å². The van der Waals surface area contributed by atoms with Crippen LogP contribution in [0.5, 0.6) is 0 Å². The summed E-state index contributed by atoms with van der Waals surface area (Å²) in [4.78, 5) is 15.7. The molecule has 0 saturated carbocycles. The molecule has 54 heavy (non-hydrogen) atoms. The van der Waals surface area contributed by atoms with Gasteiger partial charge in [0.2, 0.25) is 0 Å². The molecule has 0 radical (unpaired) electrons. The molecule has 0 aliphatic carbocycles. The van der Waals surface area contributed by atoms with E-state index in [9.17, 15) is 0 Å². The molecule has 0 atom stereocenters. The lowest BCUT2D eigenvalue weighted by atomic mass is 10.1. The first-order valence-corrected chi connectivity index (χ1v) is 21.0. The average Bonchev–Trinajstić information content (AvgIpc) is 3.63. The topological polar surface area (TPSA) is 38.7 Å². The molecule has 0 bridgehead atoms. The fourth-order valence-corrected chi connectivity index (χ4v) is 13.8. The molecule has 5 heteroatoms. The van der Waals surface area contributed by atoms with Crippen LogP contribution in [0.15, 0.2) is 200 Å². The van der Waals surface area contributed by atoms with Crippen LogP contribution in [0, 0.1) is 0 Å². The Morgan fingerprint density at radius 2 is 0.796 bits per heavy atom.